The topological polar surface area (TPSA) is 66.1 Å². The number of fused-ring (bicyclic) bond motifs is 2. The van der Waals surface area contributed by atoms with Crippen LogP contribution >= 0.6 is 0 Å². The highest BCUT2D eigenvalue weighted by molar-refractivity contribution is 5.95. The van der Waals surface area contributed by atoms with Gasteiger partial charge in [0.05, 0.1) is 17.1 Å². The van der Waals surface area contributed by atoms with Crippen molar-refractivity contribution < 1.29 is 13.6 Å². The summed E-state index contributed by atoms with van der Waals surface area (Å²) in [6, 6.07) is 6.95. The van der Waals surface area contributed by atoms with E-state index in [0.29, 0.717) is 11.3 Å². The highest BCUT2D eigenvalue weighted by Gasteiger charge is 2.24. The molecular weight excluding hydrogens is 364 g/mol. The Bertz CT molecular complexity index is 1160. The van der Waals surface area contributed by atoms with Gasteiger partial charge in [0.2, 0.25) is 0 Å². The molecule has 0 saturated carbocycles. The fourth-order valence-electron chi connectivity index (χ4n) is 3.76. The molecule has 0 radical (unpaired) electrons. The van der Waals surface area contributed by atoms with Gasteiger partial charge in [0.25, 0.3) is 11.5 Å². The molecule has 4 rings (SSSR count). The van der Waals surface area contributed by atoms with Gasteiger partial charge in [0.1, 0.15) is 0 Å². The number of rotatable bonds is 3. The Morgan fingerprint density at radius 3 is 2.54 bits per heavy atom. The van der Waals surface area contributed by atoms with Gasteiger partial charge in [-0.05, 0) is 61.6 Å². The van der Waals surface area contributed by atoms with E-state index in [1.807, 2.05) is 18.2 Å². The molecule has 0 spiro atoms. The van der Waals surface area contributed by atoms with Crippen molar-refractivity contribution in [3.63, 3.8) is 0 Å². The Morgan fingerprint density at radius 1 is 1.11 bits per heavy atom. The molecule has 144 valence electrons. The van der Waals surface area contributed by atoms with Crippen molar-refractivity contribution in [3.05, 3.63) is 74.7 Å². The lowest BCUT2D eigenvalue weighted by molar-refractivity contribution is 0.0740. The normalized spacial score (nSPS) is 14.1. The summed E-state index contributed by atoms with van der Waals surface area (Å²) in [5.74, 6) is -2.38. The zero-order valence-electron chi connectivity index (χ0n) is 15.6. The number of H-pyrrole nitrogens is 1. The maximum atomic E-state index is 13.8. The van der Waals surface area contributed by atoms with Gasteiger partial charge in [-0.25, -0.2) is 13.9 Å². The monoisotopic (exact) mass is 383 g/mol. The molecule has 0 saturated heterocycles. The van der Waals surface area contributed by atoms with Crippen LogP contribution in [0, 0.1) is 11.6 Å². The van der Waals surface area contributed by atoms with Gasteiger partial charge >= 0.3 is 0 Å². The highest BCUT2D eigenvalue weighted by Crippen LogP contribution is 2.28. The minimum atomic E-state index is -1.11. The van der Waals surface area contributed by atoms with Gasteiger partial charge in [-0.1, -0.05) is 6.07 Å². The van der Waals surface area contributed by atoms with E-state index in [1.54, 1.807) is 14.0 Å². The number of carbonyl (C=O) groups excluding carboxylic acids is 1. The lowest BCUT2D eigenvalue weighted by Crippen LogP contribution is -2.31. The number of halogens is 2. The summed E-state index contributed by atoms with van der Waals surface area (Å²) in [7, 11) is 1.62. The molecule has 0 aliphatic heterocycles. The van der Waals surface area contributed by atoms with Gasteiger partial charge in [-0.2, -0.15) is 5.10 Å². The molecule has 5 nitrogen and oxygen atoms in total. The van der Waals surface area contributed by atoms with Crippen molar-refractivity contribution in [2.75, 3.05) is 7.05 Å². The van der Waals surface area contributed by atoms with E-state index in [-0.39, 0.29) is 16.7 Å². The maximum absolute atomic E-state index is 13.8. The van der Waals surface area contributed by atoms with E-state index >= 15 is 0 Å². The van der Waals surface area contributed by atoms with Crippen molar-refractivity contribution in [1.29, 1.82) is 0 Å². The number of carbonyl (C=O) groups is 1. The summed E-state index contributed by atoms with van der Waals surface area (Å²) in [5.41, 5.74) is 2.72. The molecule has 3 aromatic rings. The van der Waals surface area contributed by atoms with Crippen molar-refractivity contribution in [2.45, 2.75) is 32.2 Å². The van der Waals surface area contributed by atoms with E-state index in [1.165, 1.54) is 16.0 Å². The lowest BCUT2D eigenvalue weighted by atomic mass is 10.0. The van der Waals surface area contributed by atoms with Crippen molar-refractivity contribution in [1.82, 2.24) is 15.1 Å². The summed E-state index contributed by atoms with van der Waals surface area (Å²) < 4.78 is 27.3. The SMILES string of the molecule is CC(c1n[nH]c(=O)c2cc(F)c(F)cc12)N(C)C(=O)c1ccc2c(c1)CCC2. The molecule has 1 atom stereocenters. The van der Waals surface area contributed by atoms with E-state index in [2.05, 4.69) is 10.2 Å². The number of aromatic nitrogens is 2. The predicted octanol–water partition coefficient (Wildman–Crippen LogP) is 3.52. The number of aryl methyl sites for hydroxylation is 2. The van der Waals surface area contributed by atoms with Crippen LogP contribution in [-0.4, -0.2) is 28.1 Å². The third-order valence-corrected chi connectivity index (χ3v) is 5.50. The second-order valence-electron chi connectivity index (χ2n) is 7.18. The molecule has 0 bridgehead atoms. The number of hydrogen-bond donors (Lipinski definition) is 1. The molecule has 0 fully saturated rings. The Balaban J connectivity index is 1.72. The number of hydrogen-bond acceptors (Lipinski definition) is 3. The minimum absolute atomic E-state index is 0.00544. The molecular formula is C21H19F2N3O2. The number of benzene rings is 2. The average molecular weight is 383 g/mol. The molecule has 28 heavy (non-hydrogen) atoms. The fourth-order valence-corrected chi connectivity index (χ4v) is 3.76. The molecule has 1 aliphatic carbocycles. The summed E-state index contributed by atoms with van der Waals surface area (Å²) in [4.78, 5) is 26.4. The van der Waals surface area contributed by atoms with Crippen LogP contribution in [0.25, 0.3) is 10.8 Å². The molecule has 1 N–H and O–H groups in total. The average Bonchev–Trinajstić information content (AvgIpc) is 3.16. The molecule has 2 aromatic carbocycles. The van der Waals surface area contributed by atoms with E-state index in [4.69, 9.17) is 0 Å². The Hall–Kier alpha value is -3.09. The molecule has 1 unspecified atom stereocenters. The molecule has 7 heteroatoms. The quantitative estimate of drug-likeness (QED) is 0.753. The van der Waals surface area contributed by atoms with E-state index < -0.39 is 23.2 Å². The van der Waals surface area contributed by atoms with Crippen LogP contribution in [0.5, 0.6) is 0 Å². The number of amides is 1. The van der Waals surface area contributed by atoms with Crippen LogP contribution in [0.1, 0.15) is 46.6 Å². The van der Waals surface area contributed by atoms with Crippen molar-refractivity contribution in [3.8, 4) is 0 Å². The van der Waals surface area contributed by atoms with Gasteiger partial charge in [0, 0.05) is 18.0 Å². The maximum Gasteiger partial charge on any atom is 0.272 e. The van der Waals surface area contributed by atoms with Crippen molar-refractivity contribution >= 4 is 16.7 Å². The number of nitrogens with one attached hydrogen (secondary N) is 1. The molecule has 1 amide bonds. The largest absolute Gasteiger partial charge is 0.333 e. The third kappa shape index (κ3) is 2.96. The molecule has 1 aliphatic rings. The van der Waals surface area contributed by atoms with Gasteiger partial charge in [-0.3, -0.25) is 9.59 Å². The lowest BCUT2D eigenvalue weighted by Gasteiger charge is -2.25. The Kier molecular flexibility index (Phi) is 4.45. The Labute approximate surface area is 160 Å². The zero-order valence-corrected chi connectivity index (χ0v) is 15.6. The van der Waals surface area contributed by atoms with Gasteiger partial charge in [0.15, 0.2) is 11.6 Å². The summed E-state index contributed by atoms with van der Waals surface area (Å²) in [6.07, 6.45) is 3.09. The van der Waals surface area contributed by atoms with Gasteiger partial charge in [-0.15, -0.1) is 0 Å². The first-order valence-electron chi connectivity index (χ1n) is 9.13. The van der Waals surface area contributed by atoms with Crippen LogP contribution in [0.3, 0.4) is 0 Å². The second-order valence-corrected chi connectivity index (χ2v) is 7.18. The van der Waals surface area contributed by atoms with E-state index in [0.717, 1.165) is 31.4 Å². The fraction of sp³-hybridized carbons (Fsp3) is 0.286. The molecule has 1 heterocycles. The second kappa shape index (κ2) is 6.82. The first kappa shape index (κ1) is 18.3. The summed E-state index contributed by atoms with van der Waals surface area (Å²) in [6.45, 7) is 1.73. The first-order valence-corrected chi connectivity index (χ1v) is 9.13. The number of nitrogens with zero attached hydrogens (tertiary/aromatic N) is 2. The van der Waals surface area contributed by atoms with E-state index in [9.17, 15) is 18.4 Å². The van der Waals surface area contributed by atoms with Gasteiger partial charge < -0.3 is 4.90 Å². The smallest absolute Gasteiger partial charge is 0.272 e. The Morgan fingerprint density at radius 2 is 1.79 bits per heavy atom. The zero-order chi connectivity index (χ0) is 20.0. The first-order chi connectivity index (χ1) is 13.4. The third-order valence-electron chi connectivity index (χ3n) is 5.50. The van der Waals surface area contributed by atoms with Crippen molar-refractivity contribution in [2.24, 2.45) is 0 Å². The van der Waals surface area contributed by atoms with Crippen LogP contribution in [0.2, 0.25) is 0 Å². The predicted molar refractivity (Wildman–Crippen MR) is 101 cm³/mol. The minimum Gasteiger partial charge on any atom is -0.333 e. The summed E-state index contributed by atoms with van der Waals surface area (Å²) in [5, 5.41) is 6.50. The standard InChI is InChI=1S/C21H19F2N3O2/c1-11(19-15-9-17(22)18(23)10-16(15)20(27)25-24-19)26(2)21(28)14-7-6-12-4-3-5-13(12)8-14/h6-11H,3-5H2,1-2H3,(H,25,27). The molecule has 1 aromatic heterocycles. The van der Waals surface area contributed by atoms with Crippen LogP contribution in [0.15, 0.2) is 35.1 Å². The van der Waals surface area contributed by atoms with Crippen LogP contribution in [0.4, 0.5) is 8.78 Å². The summed E-state index contributed by atoms with van der Waals surface area (Å²) >= 11 is 0. The van der Waals surface area contributed by atoms with Crippen LogP contribution in [-0.2, 0) is 12.8 Å². The highest BCUT2D eigenvalue weighted by atomic mass is 19.2. The number of aromatic amines is 1. The van der Waals surface area contributed by atoms with Crippen LogP contribution < -0.4 is 5.56 Å².